The van der Waals surface area contributed by atoms with Crippen molar-refractivity contribution in [3.63, 3.8) is 0 Å². The van der Waals surface area contributed by atoms with Gasteiger partial charge in [-0.3, -0.25) is 9.69 Å². The molecule has 7 heteroatoms. The first-order valence-electron chi connectivity index (χ1n) is 6.21. The molecule has 0 unspecified atom stereocenters. The summed E-state index contributed by atoms with van der Waals surface area (Å²) in [5.74, 6) is -0.703. The van der Waals surface area contributed by atoms with Gasteiger partial charge in [0.15, 0.2) is 4.32 Å². The van der Waals surface area contributed by atoms with Gasteiger partial charge in [0.1, 0.15) is 5.76 Å². The lowest BCUT2D eigenvalue weighted by Gasteiger charge is -2.14. The van der Waals surface area contributed by atoms with E-state index in [2.05, 4.69) is 0 Å². The van der Waals surface area contributed by atoms with Crippen LogP contribution in [-0.4, -0.2) is 21.3 Å². The summed E-state index contributed by atoms with van der Waals surface area (Å²) in [6.07, 6.45) is 3.15. The number of carboxylic acid groups (broad SMARTS) is 1. The molecule has 2 aromatic rings. The highest BCUT2D eigenvalue weighted by Crippen LogP contribution is 2.36. The second kappa shape index (κ2) is 5.78. The van der Waals surface area contributed by atoms with Gasteiger partial charge in [0, 0.05) is 6.08 Å². The third kappa shape index (κ3) is 2.68. The van der Waals surface area contributed by atoms with Crippen LogP contribution >= 0.6 is 24.0 Å². The fraction of sp³-hybridized carbons (Fsp3) is 0. The van der Waals surface area contributed by atoms with Gasteiger partial charge >= 0.3 is 5.97 Å². The maximum absolute atomic E-state index is 12.5. The van der Waals surface area contributed by atoms with E-state index < -0.39 is 5.97 Å². The number of benzene rings is 1. The number of carboxylic acids is 1. The lowest BCUT2D eigenvalue weighted by Crippen LogP contribution is -2.27. The van der Waals surface area contributed by atoms with Crippen molar-refractivity contribution < 1.29 is 19.1 Å². The topological polar surface area (TPSA) is 70.8 Å². The molecule has 110 valence electrons. The zero-order valence-electron chi connectivity index (χ0n) is 11.1. The Morgan fingerprint density at radius 3 is 2.59 bits per heavy atom. The van der Waals surface area contributed by atoms with Crippen molar-refractivity contribution in [3.8, 4) is 0 Å². The quantitative estimate of drug-likeness (QED) is 0.687. The fourth-order valence-electron chi connectivity index (χ4n) is 1.95. The normalized spacial score (nSPS) is 16.5. The minimum absolute atomic E-state index is 0.153. The van der Waals surface area contributed by atoms with E-state index in [1.54, 1.807) is 30.3 Å². The molecule has 0 atom stereocenters. The molecule has 0 radical (unpaired) electrons. The van der Waals surface area contributed by atoms with Crippen molar-refractivity contribution in [2.75, 3.05) is 4.90 Å². The SMILES string of the molecule is O=C(O)c1ccc(N2C(=O)/C(=C/c3ccco3)SC2=S)cc1. The van der Waals surface area contributed by atoms with E-state index in [1.807, 2.05) is 0 Å². The molecule has 1 fully saturated rings. The molecule has 1 aromatic heterocycles. The average molecular weight is 331 g/mol. The van der Waals surface area contributed by atoms with Crippen LogP contribution < -0.4 is 4.90 Å². The Labute approximate surface area is 135 Å². The van der Waals surface area contributed by atoms with Gasteiger partial charge in [0.25, 0.3) is 5.91 Å². The third-order valence-electron chi connectivity index (χ3n) is 2.98. The molecule has 0 bridgehead atoms. The van der Waals surface area contributed by atoms with E-state index >= 15 is 0 Å². The van der Waals surface area contributed by atoms with Crippen molar-refractivity contribution in [3.05, 3.63) is 58.9 Å². The fourth-order valence-corrected chi connectivity index (χ4v) is 3.23. The minimum Gasteiger partial charge on any atom is -0.478 e. The number of amides is 1. The van der Waals surface area contributed by atoms with Crippen molar-refractivity contribution >= 4 is 51.9 Å². The van der Waals surface area contributed by atoms with Crippen LogP contribution in [0.1, 0.15) is 16.1 Å². The van der Waals surface area contributed by atoms with Crippen LogP contribution in [0.15, 0.2) is 52.0 Å². The molecule has 1 aliphatic rings. The van der Waals surface area contributed by atoms with Gasteiger partial charge in [-0.25, -0.2) is 4.79 Å². The third-order valence-corrected chi connectivity index (χ3v) is 4.28. The molecule has 1 aromatic carbocycles. The predicted molar refractivity (Wildman–Crippen MR) is 87.8 cm³/mol. The number of rotatable bonds is 3. The summed E-state index contributed by atoms with van der Waals surface area (Å²) >= 11 is 6.41. The van der Waals surface area contributed by atoms with Crippen molar-refractivity contribution in [2.45, 2.75) is 0 Å². The first-order valence-corrected chi connectivity index (χ1v) is 7.43. The molecule has 0 saturated carbocycles. The first kappa shape index (κ1) is 14.6. The number of thiocarbonyl (C=S) groups is 1. The number of aromatic carboxylic acids is 1. The highest BCUT2D eigenvalue weighted by molar-refractivity contribution is 8.27. The Morgan fingerprint density at radius 1 is 1.27 bits per heavy atom. The lowest BCUT2D eigenvalue weighted by atomic mass is 10.2. The number of thioether (sulfide) groups is 1. The molecule has 5 nitrogen and oxygen atoms in total. The van der Waals surface area contributed by atoms with Gasteiger partial charge in [-0.15, -0.1) is 0 Å². The summed E-state index contributed by atoms with van der Waals surface area (Å²) in [5.41, 5.74) is 0.690. The minimum atomic E-state index is -1.02. The van der Waals surface area contributed by atoms with Crippen molar-refractivity contribution in [1.29, 1.82) is 0 Å². The van der Waals surface area contributed by atoms with Gasteiger partial charge < -0.3 is 9.52 Å². The molecule has 1 saturated heterocycles. The molecule has 1 N–H and O–H groups in total. The van der Waals surface area contributed by atoms with Gasteiger partial charge in [0.2, 0.25) is 0 Å². The summed E-state index contributed by atoms with van der Waals surface area (Å²) in [4.78, 5) is 25.2. The van der Waals surface area contributed by atoms with Crippen LogP contribution in [0, 0.1) is 0 Å². The number of hydrogen-bond acceptors (Lipinski definition) is 5. The molecule has 1 amide bonds. The summed E-state index contributed by atoms with van der Waals surface area (Å²) in [5, 5.41) is 8.90. The Morgan fingerprint density at radius 2 is 2.00 bits per heavy atom. The Bertz CT molecular complexity index is 778. The van der Waals surface area contributed by atoms with E-state index in [1.165, 1.54) is 35.1 Å². The van der Waals surface area contributed by atoms with Crippen LogP contribution in [0.5, 0.6) is 0 Å². The summed E-state index contributed by atoms with van der Waals surface area (Å²) in [6.45, 7) is 0. The summed E-state index contributed by atoms with van der Waals surface area (Å²) in [7, 11) is 0. The number of furan rings is 1. The molecule has 0 aliphatic carbocycles. The summed E-state index contributed by atoms with van der Waals surface area (Å²) < 4.78 is 5.59. The van der Waals surface area contributed by atoms with Crippen molar-refractivity contribution in [1.82, 2.24) is 0 Å². The second-order valence-electron chi connectivity index (χ2n) is 4.38. The second-order valence-corrected chi connectivity index (χ2v) is 6.06. The maximum atomic E-state index is 12.5. The number of nitrogens with zero attached hydrogens (tertiary/aromatic N) is 1. The van der Waals surface area contributed by atoms with Gasteiger partial charge in [-0.05, 0) is 36.4 Å². The highest BCUT2D eigenvalue weighted by atomic mass is 32.2. The first-order chi connectivity index (χ1) is 10.6. The van der Waals surface area contributed by atoms with Gasteiger partial charge in [-0.1, -0.05) is 24.0 Å². The molecule has 1 aliphatic heterocycles. The number of hydrogen-bond donors (Lipinski definition) is 1. The van der Waals surface area contributed by atoms with Crippen LogP contribution in [-0.2, 0) is 4.79 Å². The molecule has 22 heavy (non-hydrogen) atoms. The van der Waals surface area contributed by atoms with Crippen LogP contribution in [0.4, 0.5) is 5.69 Å². The largest absolute Gasteiger partial charge is 0.478 e. The lowest BCUT2D eigenvalue weighted by molar-refractivity contribution is -0.113. The van der Waals surface area contributed by atoms with E-state index in [0.29, 0.717) is 20.7 Å². The van der Waals surface area contributed by atoms with Gasteiger partial charge in [-0.2, -0.15) is 0 Å². The molecule has 2 heterocycles. The Kier molecular flexibility index (Phi) is 3.82. The Balaban J connectivity index is 1.90. The zero-order chi connectivity index (χ0) is 15.7. The van der Waals surface area contributed by atoms with Crippen LogP contribution in [0.25, 0.3) is 6.08 Å². The highest BCUT2D eigenvalue weighted by Gasteiger charge is 2.33. The molecule has 0 spiro atoms. The van der Waals surface area contributed by atoms with E-state index in [-0.39, 0.29) is 11.5 Å². The van der Waals surface area contributed by atoms with Crippen LogP contribution in [0.3, 0.4) is 0 Å². The monoisotopic (exact) mass is 331 g/mol. The number of anilines is 1. The van der Waals surface area contributed by atoms with Gasteiger partial charge in [0.05, 0.1) is 22.4 Å². The molecular formula is C15H9NO4S2. The van der Waals surface area contributed by atoms with E-state index in [9.17, 15) is 9.59 Å². The maximum Gasteiger partial charge on any atom is 0.335 e. The smallest absolute Gasteiger partial charge is 0.335 e. The Hall–Kier alpha value is -2.38. The number of carbonyl (C=O) groups is 2. The van der Waals surface area contributed by atoms with E-state index in [4.69, 9.17) is 21.7 Å². The van der Waals surface area contributed by atoms with Crippen molar-refractivity contribution in [2.24, 2.45) is 0 Å². The molecular weight excluding hydrogens is 322 g/mol. The number of carbonyl (C=O) groups excluding carboxylic acids is 1. The predicted octanol–water partition coefficient (Wildman–Crippen LogP) is 3.38. The summed E-state index contributed by atoms with van der Waals surface area (Å²) in [6, 6.07) is 9.47. The standard InChI is InChI=1S/C15H9NO4S2/c17-13-12(8-11-2-1-7-20-11)22-15(21)16(13)10-5-3-9(4-6-10)14(18)19/h1-8H,(H,18,19)/b12-8-. The average Bonchev–Trinajstić information content (AvgIpc) is 3.09. The van der Waals surface area contributed by atoms with E-state index in [0.717, 1.165) is 0 Å². The molecule has 3 rings (SSSR count). The zero-order valence-corrected chi connectivity index (χ0v) is 12.7. The van der Waals surface area contributed by atoms with Crippen LogP contribution in [0.2, 0.25) is 0 Å².